The third-order valence-electron chi connectivity index (χ3n) is 3.80. The molecule has 25 heavy (non-hydrogen) atoms. The van der Waals surface area contributed by atoms with Crippen molar-refractivity contribution in [2.75, 3.05) is 35.5 Å². The van der Waals surface area contributed by atoms with Crippen LogP contribution in [0.4, 0.5) is 0 Å². The van der Waals surface area contributed by atoms with E-state index in [0.717, 1.165) is 16.7 Å². The molecule has 2 aromatic carbocycles. The van der Waals surface area contributed by atoms with Crippen molar-refractivity contribution >= 4 is 5.57 Å². The smallest absolute Gasteiger partial charge is 0.203 e. The van der Waals surface area contributed by atoms with Gasteiger partial charge in [-0.15, -0.1) is 0 Å². The highest BCUT2D eigenvalue weighted by atomic mass is 16.5. The zero-order valence-corrected chi connectivity index (χ0v) is 15.1. The van der Waals surface area contributed by atoms with E-state index in [2.05, 4.69) is 0 Å². The molecule has 2 rings (SSSR count). The van der Waals surface area contributed by atoms with Gasteiger partial charge in [0.2, 0.25) is 5.75 Å². The van der Waals surface area contributed by atoms with Crippen LogP contribution >= 0.6 is 0 Å². The van der Waals surface area contributed by atoms with Crippen LogP contribution in [0.15, 0.2) is 36.5 Å². The van der Waals surface area contributed by atoms with E-state index in [9.17, 15) is 0 Å². The van der Waals surface area contributed by atoms with E-state index in [1.807, 2.05) is 24.3 Å². The maximum absolute atomic E-state index is 5.92. The lowest BCUT2D eigenvalue weighted by molar-refractivity contribution is 0.324. The van der Waals surface area contributed by atoms with Crippen molar-refractivity contribution in [2.45, 2.75) is 0 Å². The number of hydrogen-bond acceptors (Lipinski definition) is 6. The van der Waals surface area contributed by atoms with E-state index in [-0.39, 0.29) is 0 Å². The summed E-state index contributed by atoms with van der Waals surface area (Å²) in [6.07, 6.45) is 1.52. The van der Waals surface area contributed by atoms with Gasteiger partial charge in [0.15, 0.2) is 11.5 Å². The van der Waals surface area contributed by atoms with Crippen molar-refractivity contribution in [1.82, 2.24) is 0 Å². The minimum absolute atomic E-state index is 0.522. The van der Waals surface area contributed by atoms with Crippen LogP contribution in [0.2, 0.25) is 0 Å². The molecule has 0 amide bonds. The molecular weight excluding hydrogens is 322 g/mol. The molecule has 0 aromatic heterocycles. The summed E-state index contributed by atoms with van der Waals surface area (Å²) in [6, 6.07) is 9.24. The van der Waals surface area contributed by atoms with E-state index < -0.39 is 0 Å². The molecule has 6 nitrogen and oxygen atoms in total. The number of rotatable bonds is 7. The Hall–Kier alpha value is -3.02. The molecule has 2 N–H and O–H groups in total. The lowest BCUT2D eigenvalue weighted by Crippen LogP contribution is -1.99. The Bertz CT molecular complexity index is 723. The fourth-order valence-corrected chi connectivity index (χ4v) is 2.56. The summed E-state index contributed by atoms with van der Waals surface area (Å²) in [6.45, 7) is 0. The largest absolute Gasteiger partial charge is 0.497 e. The zero-order chi connectivity index (χ0) is 18.4. The highest BCUT2D eigenvalue weighted by Crippen LogP contribution is 2.41. The first-order chi connectivity index (χ1) is 12.1. The van der Waals surface area contributed by atoms with Gasteiger partial charge in [-0.25, -0.2) is 0 Å². The highest BCUT2D eigenvalue weighted by Gasteiger charge is 2.17. The number of benzene rings is 2. The second kappa shape index (κ2) is 8.19. The standard InChI is InChI=1S/C19H23NO5/c1-21-14-6-12(7-15(10-14)22-2)16(11-20)13-8-17(23-3)19(25-5)18(9-13)24-4/h6-11H,20H2,1-5H3. The van der Waals surface area contributed by atoms with E-state index in [4.69, 9.17) is 29.4 Å². The average molecular weight is 345 g/mol. The Morgan fingerprint density at radius 2 is 1.16 bits per heavy atom. The van der Waals surface area contributed by atoms with Crippen molar-refractivity contribution in [2.24, 2.45) is 5.73 Å². The second-order valence-corrected chi connectivity index (χ2v) is 5.10. The molecule has 0 heterocycles. The Labute approximate surface area is 147 Å². The predicted octanol–water partition coefficient (Wildman–Crippen LogP) is 3.08. The molecule has 134 valence electrons. The molecule has 0 unspecified atom stereocenters. The molecule has 0 aliphatic rings. The summed E-state index contributed by atoms with van der Waals surface area (Å²) in [5.41, 5.74) is 8.34. The molecule has 0 aliphatic carbocycles. The molecule has 0 fully saturated rings. The zero-order valence-electron chi connectivity index (χ0n) is 15.1. The summed E-state index contributed by atoms with van der Waals surface area (Å²) in [7, 11) is 7.91. The molecule has 0 atom stereocenters. The second-order valence-electron chi connectivity index (χ2n) is 5.10. The normalized spacial score (nSPS) is 11.0. The Morgan fingerprint density at radius 1 is 0.680 bits per heavy atom. The average Bonchev–Trinajstić information content (AvgIpc) is 2.67. The summed E-state index contributed by atoms with van der Waals surface area (Å²) in [5, 5.41) is 0. The summed E-state index contributed by atoms with van der Waals surface area (Å²) in [4.78, 5) is 0. The number of methoxy groups -OCH3 is 5. The molecule has 6 heteroatoms. The van der Waals surface area contributed by atoms with Gasteiger partial charge in [0.1, 0.15) is 11.5 Å². The third-order valence-corrected chi connectivity index (χ3v) is 3.80. The molecule has 2 aromatic rings. The Morgan fingerprint density at radius 3 is 1.52 bits per heavy atom. The molecular formula is C19H23NO5. The minimum Gasteiger partial charge on any atom is -0.497 e. The first-order valence-electron chi connectivity index (χ1n) is 7.57. The van der Waals surface area contributed by atoms with Crippen LogP contribution < -0.4 is 29.4 Å². The first-order valence-corrected chi connectivity index (χ1v) is 7.57. The monoisotopic (exact) mass is 345 g/mol. The van der Waals surface area contributed by atoms with E-state index in [1.165, 1.54) is 6.20 Å². The minimum atomic E-state index is 0.522. The van der Waals surface area contributed by atoms with Crippen molar-refractivity contribution in [3.05, 3.63) is 47.7 Å². The highest BCUT2D eigenvalue weighted by molar-refractivity contribution is 5.83. The summed E-state index contributed by atoms with van der Waals surface area (Å²) in [5.74, 6) is 2.95. The van der Waals surface area contributed by atoms with Crippen LogP contribution in [0.5, 0.6) is 28.7 Å². The van der Waals surface area contributed by atoms with Crippen LogP contribution in [-0.2, 0) is 0 Å². The van der Waals surface area contributed by atoms with Crippen molar-refractivity contribution < 1.29 is 23.7 Å². The molecule has 0 radical (unpaired) electrons. The molecule has 0 saturated heterocycles. The van der Waals surface area contributed by atoms with Gasteiger partial charge in [-0.1, -0.05) is 0 Å². The summed E-state index contributed by atoms with van der Waals surface area (Å²) >= 11 is 0. The van der Waals surface area contributed by atoms with E-state index in [0.29, 0.717) is 28.7 Å². The van der Waals surface area contributed by atoms with Gasteiger partial charge in [-0.2, -0.15) is 0 Å². The fourth-order valence-electron chi connectivity index (χ4n) is 2.56. The topological polar surface area (TPSA) is 72.2 Å². The van der Waals surface area contributed by atoms with Gasteiger partial charge in [0.25, 0.3) is 0 Å². The van der Waals surface area contributed by atoms with Gasteiger partial charge >= 0.3 is 0 Å². The van der Waals surface area contributed by atoms with E-state index in [1.54, 1.807) is 41.6 Å². The van der Waals surface area contributed by atoms with Gasteiger partial charge in [0.05, 0.1) is 35.5 Å². The van der Waals surface area contributed by atoms with Gasteiger partial charge < -0.3 is 29.4 Å². The summed E-state index contributed by atoms with van der Waals surface area (Å²) < 4.78 is 26.9. The number of ether oxygens (including phenoxy) is 5. The maximum atomic E-state index is 5.92. The number of nitrogens with two attached hydrogens (primary N) is 1. The van der Waals surface area contributed by atoms with Gasteiger partial charge in [-0.05, 0) is 35.4 Å². The maximum Gasteiger partial charge on any atom is 0.203 e. The van der Waals surface area contributed by atoms with Crippen molar-refractivity contribution in [1.29, 1.82) is 0 Å². The van der Waals surface area contributed by atoms with Crippen LogP contribution in [0.3, 0.4) is 0 Å². The molecule has 0 saturated carbocycles. The SMILES string of the molecule is COc1cc(OC)cc(C(=CN)c2cc(OC)c(OC)c(OC)c2)c1. The molecule has 0 bridgehead atoms. The van der Waals surface area contributed by atoms with Crippen LogP contribution in [0, 0.1) is 0 Å². The lowest BCUT2D eigenvalue weighted by Gasteiger charge is -2.16. The van der Waals surface area contributed by atoms with Crippen LogP contribution in [0.25, 0.3) is 5.57 Å². The molecule has 0 aliphatic heterocycles. The fraction of sp³-hybridized carbons (Fsp3) is 0.263. The van der Waals surface area contributed by atoms with Crippen molar-refractivity contribution in [3.8, 4) is 28.7 Å². The van der Waals surface area contributed by atoms with Gasteiger partial charge in [-0.3, -0.25) is 0 Å². The predicted molar refractivity (Wildman–Crippen MR) is 96.9 cm³/mol. The quantitative estimate of drug-likeness (QED) is 0.831. The van der Waals surface area contributed by atoms with Crippen LogP contribution in [0.1, 0.15) is 11.1 Å². The lowest BCUT2D eigenvalue weighted by atomic mass is 9.97. The first kappa shape index (κ1) is 18.3. The Balaban J connectivity index is 2.62. The molecule has 0 spiro atoms. The van der Waals surface area contributed by atoms with Crippen LogP contribution in [-0.4, -0.2) is 35.5 Å². The van der Waals surface area contributed by atoms with Gasteiger partial charge in [0, 0.05) is 17.8 Å². The number of hydrogen-bond donors (Lipinski definition) is 1. The third kappa shape index (κ3) is 3.74. The van der Waals surface area contributed by atoms with E-state index >= 15 is 0 Å². The van der Waals surface area contributed by atoms with Crippen molar-refractivity contribution in [3.63, 3.8) is 0 Å². The Kier molecular flexibility index (Phi) is 6.00.